The molecule has 3 N–H and O–H groups in total. The number of nitriles is 4. The first-order valence-corrected chi connectivity index (χ1v) is 21.5. The second-order valence-corrected chi connectivity index (χ2v) is 16.6. The number of likely N-dealkylation sites (tertiary alicyclic amines) is 3. The molecule has 3 aliphatic heterocycles. The Morgan fingerprint density at radius 3 is 1.30 bits per heavy atom. The van der Waals surface area contributed by atoms with E-state index in [1.807, 2.05) is 26.8 Å². The molecule has 0 aromatic rings. The zero-order chi connectivity index (χ0) is 45.9. The van der Waals surface area contributed by atoms with Gasteiger partial charge in [-0.05, 0) is 61.7 Å². The van der Waals surface area contributed by atoms with Crippen molar-refractivity contribution in [2.75, 3.05) is 59.1 Å². The molecule has 6 rings (SSSR count). The number of nitrogens with zero attached hydrogens (tertiary/aromatic N) is 9. The molecule has 3 fully saturated rings. The van der Waals surface area contributed by atoms with Gasteiger partial charge in [-0.2, -0.15) is 21.0 Å². The van der Waals surface area contributed by atoms with Crippen LogP contribution in [0.15, 0.2) is 67.5 Å². The van der Waals surface area contributed by atoms with Crippen LogP contribution in [0.2, 0.25) is 0 Å². The first-order chi connectivity index (χ1) is 31.0. The molecule has 0 radical (unpaired) electrons. The fourth-order valence-electron chi connectivity index (χ4n) is 9.24. The predicted molar refractivity (Wildman–Crippen MR) is 222 cm³/mol. The first-order valence-electron chi connectivity index (χ1n) is 21.5. The van der Waals surface area contributed by atoms with Crippen molar-refractivity contribution in [3.63, 3.8) is 0 Å². The third kappa shape index (κ3) is 10.3. The topological polar surface area (TPSA) is 253 Å². The fourth-order valence-corrected chi connectivity index (χ4v) is 9.24. The molecule has 0 aromatic heterocycles. The number of hydrogen-bond donors (Lipinski definition) is 3. The number of esters is 3. The Balaban J connectivity index is 1.28. The molecular formula is C46H49N9O9. The maximum atomic E-state index is 13.7. The lowest BCUT2D eigenvalue weighted by molar-refractivity contribution is -0.148. The van der Waals surface area contributed by atoms with E-state index in [1.165, 1.54) is 0 Å². The van der Waals surface area contributed by atoms with E-state index in [1.54, 1.807) is 0 Å². The van der Waals surface area contributed by atoms with Gasteiger partial charge in [-0.25, -0.2) is 19.3 Å². The monoisotopic (exact) mass is 871 g/mol. The summed E-state index contributed by atoms with van der Waals surface area (Å²) < 4.78 is 16.7. The van der Waals surface area contributed by atoms with Crippen molar-refractivity contribution in [1.82, 2.24) is 14.7 Å². The number of aliphatic hydroxyl groups excluding tert-OH is 3. The highest BCUT2D eigenvalue weighted by Crippen LogP contribution is 2.39. The van der Waals surface area contributed by atoms with Crippen molar-refractivity contribution >= 4 is 17.9 Å². The summed E-state index contributed by atoms with van der Waals surface area (Å²) in [6, 6.07) is 7.83. The summed E-state index contributed by atoms with van der Waals surface area (Å²) >= 11 is 0. The van der Waals surface area contributed by atoms with Gasteiger partial charge in [0.05, 0.1) is 55.1 Å². The fraction of sp³-hybridized carbons (Fsp3) is 0.543. The lowest BCUT2D eigenvalue weighted by Crippen LogP contribution is -2.31. The van der Waals surface area contributed by atoms with Gasteiger partial charge in [0.15, 0.2) is 5.70 Å². The Kier molecular flexibility index (Phi) is 15.6. The third-order valence-corrected chi connectivity index (χ3v) is 12.3. The van der Waals surface area contributed by atoms with Crippen molar-refractivity contribution in [3.8, 4) is 24.3 Å². The minimum Gasteiger partial charge on any atom is -0.470 e. The molecule has 0 spiro atoms. The average molecular weight is 872 g/mol. The summed E-state index contributed by atoms with van der Waals surface area (Å²) in [5.41, 5.74) is 0.323. The summed E-state index contributed by atoms with van der Waals surface area (Å²) in [6.45, 7) is 17.8. The number of carbonyl (C=O) groups is 3. The van der Waals surface area contributed by atoms with Crippen molar-refractivity contribution in [2.45, 2.75) is 95.4 Å². The van der Waals surface area contributed by atoms with Crippen LogP contribution in [0.4, 0.5) is 0 Å². The number of aliphatic hydroxyl groups is 3. The van der Waals surface area contributed by atoms with Crippen molar-refractivity contribution < 1.29 is 43.9 Å². The van der Waals surface area contributed by atoms with Crippen molar-refractivity contribution in [3.05, 3.63) is 90.3 Å². The van der Waals surface area contributed by atoms with Gasteiger partial charge in [0.1, 0.15) is 48.6 Å². The molecule has 0 bridgehead atoms. The molecule has 3 heterocycles. The highest BCUT2D eigenvalue weighted by Gasteiger charge is 2.36. The van der Waals surface area contributed by atoms with E-state index >= 15 is 0 Å². The molecular weight excluding hydrogens is 823 g/mol. The zero-order valence-electron chi connectivity index (χ0n) is 35.5. The number of rotatable bonds is 12. The lowest BCUT2D eigenvalue weighted by atomic mass is 9.86. The van der Waals surface area contributed by atoms with E-state index in [4.69, 9.17) is 27.4 Å². The van der Waals surface area contributed by atoms with Gasteiger partial charge in [0, 0.05) is 88.5 Å². The molecule has 18 nitrogen and oxygen atoms in total. The largest absolute Gasteiger partial charge is 0.470 e. The van der Waals surface area contributed by atoms with E-state index in [-0.39, 0.29) is 72.1 Å². The summed E-state index contributed by atoms with van der Waals surface area (Å²) in [7, 11) is 0. The molecule has 3 unspecified atom stereocenters. The van der Waals surface area contributed by atoms with Crippen LogP contribution >= 0.6 is 0 Å². The molecule has 0 amide bonds. The van der Waals surface area contributed by atoms with Crippen molar-refractivity contribution in [2.24, 2.45) is 5.92 Å². The summed E-state index contributed by atoms with van der Waals surface area (Å²) in [6.07, 6.45) is 2.34. The SMILES string of the molecule is [C-]#[N+]C1=C(N2CCCC2)CC(O)C/C1=C(/[N+]#[C-])C(=O)OCC(COC(=O)/C(C#N)=C1\CC(O)CC(N2CCCC2)=C1C#N)COC(=O)/C(C#N)=C1\CC(O)CC(N2CCCC2)=C1C#N. The number of ether oxygens (including phenoxy) is 3. The minimum absolute atomic E-state index is 0.0135. The van der Waals surface area contributed by atoms with Gasteiger partial charge in [0.25, 0.3) is 5.70 Å². The highest BCUT2D eigenvalue weighted by molar-refractivity contribution is 5.96. The molecule has 3 atom stereocenters. The zero-order valence-corrected chi connectivity index (χ0v) is 35.5. The van der Waals surface area contributed by atoms with Gasteiger partial charge in [-0.1, -0.05) is 0 Å². The summed E-state index contributed by atoms with van der Waals surface area (Å²) in [5, 5.41) is 73.1. The van der Waals surface area contributed by atoms with E-state index < -0.39 is 78.8 Å². The average Bonchev–Trinajstić information content (AvgIpc) is 4.12. The van der Waals surface area contributed by atoms with Gasteiger partial charge in [0.2, 0.25) is 0 Å². The Bertz CT molecular complexity index is 2110. The summed E-state index contributed by atoms with van der Waals surface area (Å²) in [5.74, 6) is -4.69. The normalized spacial score (nSPS) is 25.3. The Morgan fingerprint density at radius 2 is 0.938 bits per heavy atom. The second-order valence-electron chi connectivity index (χ2n) is 16.6. The van der Waals surface area contributed by atoms with Crippen LogP contribution in [0, 0.1) is 64.4 Å². The van der Waals surface area contributed by atoms with Gasteiger partial charge < -0.3 is 44.2 Å². The number of allylic oxidation sites excluding steroid dienone is 3. The number of hydrogen-bond acceptors (Lipinski definition) is 16. The molecule has 332 valence electrons. The van der Waals surface area contributed by atoms with Gasteiger partial charge in [-0.15, -0.1) is 0 Å². The molecule has 64 heavy (non-hydrogen) atoms. The Morgan fingerprint density at radius 1 is 0.578 bits per heavy atom. The van der Waals surface area contributed by atoms with Crippen LogP contribution in [0.5, 0.6) is 0 Å². The smallest absolute Gasteiger partial charge is 0.349 e. The number of carbonyl (C=O) groups excluding carboxylic acids is 3. The molecule has 6 aliphatic rings. The van der Waals surface area contributed by atoms with Crippen LogP contribution in [-0.2, 0) is 28.6 Å². The maximum absolute atomic E-state index is 13.7. The Labute approximate surface area is 371 Å². The highest BCUT2D eigenvalue weighted by atomic mass is 16.6. The third-order valence-electron chi connectivity index (χ3n) is 12.3. The quantitative estimate of drug-likeness (QED) is 0.0834. The Hall–Kier alpha value is -6.93. The van der Waals surface area contributed by atoms with E-state index in [0.717, 1.165) is 38.5 Å². The standard InChI is InChI=1S/C46H49N9O9/c1-51-42-34(17-31(58)20-41(42)55-13-7-8-14-55)43(52-2)46(61)64-27-28(25-62-44(59)37(23-49)32-15-29(56)18-39(35(32)21-47)53-9-3-4-10-53)26-63-45(60)38(24-50)33-16-30(57)19-40(36(33)22-48)54-11-5-6-12-54/h28-31,56-58H,3-20,25-27H2/b37-32+,38-33+,43-34-. The molecule has 0 saturated carbocycles. The minimum atomic E-state index is -1.19. The molecule has 0 aromatic carbocycles. The van der Waals surface area contributed by atoms with E-state index in [9.17, 15) is 50.8 Å². The van der Waals surface area contributed by atoms with E-state index in [2.05, 4.69) is 21.8 Å². The van der Waals surface area contributed by atoms with Gasteiger partial charge >= 0.3 is 17.9 Å². The van der Waals surface area contributed by atoms with Crippen molar-refractivity contribution in [1.29, 1.82) is 21.0 Å². The molecule has 3 aliphatic carbocycles. The first kappa shape index (κ1) is 46.6. The maximum Gasteiger partial charge on any atom is 0.349 e. The lowest BCUT2D eigenvalue weighted by Gasteiger charge is -2.31. The van der Waals surface area contributed by atoms with Crippen LogP contribution in [0.25, 0.3) is 9.69 Å². The second kappa shape index (κ2) is 21.4. The van der Waals surface area contributed by atoms with Crippen LogP contribution in [-0.4, -0.2) is 125 Å². The molecule has 18 heteroatoms. The van der Waals surface area contributed by atoms with Crippen LogP contribution < -0.4 is 0 Å². The van der Waals surface area contributed by atoms with Crippen LogP contribution in [0.1, 0.15) is 77.0 Å². The molecule has 3 saturated heterocycles. The predicted octanol–water partition coefficient (Wildman–Crippen LogP) is 3.48. The van der Waals surface area contributed by atoms with Gasteiger partial charge in [-0.3, -0.25) is 4.79 Å². The summed E-state index contributed by atoms with van der Waals surface area (Å²) in [4.78, 5) is 54.0. The van der Waals surface area contributed by atoms with E-state index in [0.29, 0.717) is 56.4 Å². The van der Waals surface area contributed by atoms with Crippen LogP contribution in [0.3, 0.4) is 0 Å².